The molecule has 0 saturated heterocycles. The maximum Gasteiger partial charge on any atom is 0.296 e. The first kappa shape index (κ1) is 16.5. The van der Waals surface area contributed by atoms with Gasteiger partial charge in [-0.3, -0.25) is 4.55 Å². The van der Waals surface area contributed by atoms with Crippen LogP contribution in [-0.4, -0.2) is 13.0 Å². The van der Waals surface area contributed by atoms with Crippen molar-refractivity contribution in [3.63, 3.8) is 0 Å². The first-order valence-electron chi connectivity index (χ1n) is 5.23. The molecule has 0 unspecified atom stereocenters. The highest BCUT2D eigenvalue weighted by Gasteiger charge is 2.19. The van der Waals surface area contributed by atoms with E-state index in [1.807, 2.05) is 0 Å². The molecule has 0 bridgehead atoms. The highest BCUT2D eigenvalue weighted by Crippen LogP contribution is 2.29. The fourth-order valence-electron chi connectivity index (χ4n) is 1.38. The molecule has 0 aliphatic rings. The van der Waals surface area contributed by atoms with Gasteiger partial charge in [0.1, 0.15) is 28.8 Å². The van der Waals surface area contributed by atoms with Crippen LogP contribution in [-0.2, 0) is 10.1 Å². The minimum Gasteiger partial charge on any atom is -0.344 e. The van der Waals surface area contributed by atoms with E-state index in [1.165, 1.54) is 25.1 Å². The number of nitrogens with one attached hydrogen (secondary N) is 1. The van der Waals surface area contributed by atoms with Crippen molar-refractivity contribution in [3.05, 3.63) is 34.0 Å². The van der Waals surface area contributed by atoms with Gasteiger partial charge in [0.2, 0.25) is 0 Å². The van der Waals surface area contributed by atoms with Crippen LogP contribution in [0.2, 0.25) is 5.02 Å². The summed E-state index contributed by atoms with van der Waals surface area (Å²) in [6, 6.07) is 6.84. The van der Waals surface area contributed by atoms with Crippen LogP contribution in [0.3, 0.4) is 0 Å². The minimum atomic E-state index is -4.58. The SMILES string of the molecule is Cc1cc(S(=O)(=O)O)c(NC(C#N)=C(C#N)C#N)cc1Cl. The highest BCUT2D eigenvalue weighted by molar-refractivity contribution is 7.86. The lowest BCUT2D eigenvalue weighted by Crippen LogP contribution is -2.08. The molecule has 0 heterocycles. The molecule has 0 atom stereocenters. The van der Waals surface area contributed by atoms with E-state index >= 15 is 0 Å². The van der Waals surface area contributed by atoms with Crippen molar-refractivity contribution >= 4 is 27.4 Å². The molecule has 1 aromatic rings. The zero-order valence-electron chi connectivity index (χ0n) is 10.5. The van der Waals surface area contributed by atoms with E-state index in [4.69, 9.17) is 27.4 Å². The Bertz CT molecular complexity index is 838. The third kappa shape index (κ3) is 3.71. The van der Waals surface area contributed by atoms with Crippen molar-refractivity contribution in [3.8, 4) is 18.2 Å². The van der Waals surface area contributed by atoms with Gasteiger partial charge in [0.05, 0.1) is 5.69 Å². The van der Waals surface area contributed by atoms with Crippen molar-refractivity contribution in [2.45, 2.75) is 11.8 Å². The van der Waals surface area contributed by atoms with Gasteiger partial charge in [-0.1, -0.05) is 11.6 Å². The molecule has 0 aliphatic carbocycles. The molecule has 0 spiro atoms. The van der Waals surface area contributed by atoms with Crippen LogP contribution < -0.4 is 5.32 Å². The summed E-state index contributed by atoms with van der Waals surface area (Å²) >= 11 is 5.86. The fourth-order valence-corrected chi connectivity index (χ4v) is 2.26. The van der Waals surface area contributed by atoms with E-state index in [1.54, 1.807) is 6.07 Å². The number of allylic oxidation sites excluding steroid dienone is 2. The van der Waals surface area contributed by atoms with Crippen LogP contribution >= 0.6 is 11.6 Å². The minimum absolute atomic E-state index is 0.178. The van der Waals surface area contributed by atoms with Gasteiger partial charge in [0.15, 0.2) is 5.57 Å². The van der Waals surface area contributed by atoms with Gasteiger partial charge in [0.25, 0.3) is 10.1 Å². The van der Waals surface area contributed by atoms with Gasteiger partial charge in [-0.15, -0.1) is 0 Å². The zero-order valence-corrected chi connectivity index (χ0v) is 12.1. The second kappa shape index (κ2) is 6.25. The lowest BCUT2D eigenvalue weighted by atomic mass is 10.2. The second-order valence-corrected chi connectivity index (χ2v) is 5.58. The van der Waals surface area contributed by atoms with E-state index in [2.05, 4.69) is 5.32 Å². The standard InChI is InChI=1S/C12H7ClN4O3S/c1-7-2-12(21(18,19)20)10(3-9(7)13)17-11(6-16)8(4-14)5-15/h2-3,17H,1H3,(H,18,19,20). The maximum atomic E-state index is 11.3. The van der Waals surface area contributed by atoms with Crippen LogP contribution in [0, 0.1) is 40.9 Å². The van der Waals surface area contributed by atoms with E-state index in [0.29, 0.717) is 5.56 Å². The average molecular weight is 323 g/mol. The van der Waals surface area contributed by atoms with Crippen LogP contribution in [0.25, 0.3) is 0 Å². The molecule has 21 heavy (non-hydrogen) atoms. The summed E-state index contributed by atoms with van der Waals surface area (Å²) < 4.78 is 31.9. The summed E-state index contributed by atoms with van der Waals surface area (Å²) in [6.45, 7) is 1.53. The summed E-state index contributed by atoms with van der Waals surface area (Å²) in [6.07, 6.45) is 0. The molecule has 1 aromatic carbocycles. The summed E-state index contributed by atoms with van der Waals surface area (Å²) in [5, 5.41) is 28.9. The normalized spacial score (nSPS) is 9.90. The lowest BCUT2D eigenvalue weighted by molar-refractivity contribution is 0.483. The van der Waals surface area contributed by atoms with Gasteiger partial charge >= 0.3 is 0 Å². The first-order chi connectivity index (χ1) is 9.74. The number of anilines is 1. The predicted molar refractivity (Wildman–Crippen MR) is 73.5 cm³/mol. The van der Waals surface area contributed by atoms with Gasteiger partial charge in [0, 0.05) is 5.02 Å². The topological polar surface area (TPSA) is 138 Å². The number of halogens is 1. The smallest absolute Gasteiger partial charge is 0.296 e. The van der Waals surface area contributed by atoms with Gasteiger partial charge in [-0.25, -0.2) is 0 Å². The quantitative estimate of drug-likeness (QED) is 0.642. The fraction of sp³-hybridized carbons (Fsp3) is 0.0833. The van der Waals surface area contributed by atoms with Crippen molar-refractivity contribution in [2.75, 3.05) is 5.32 Å². The third-order valence-electron chi connectivity index (χ3n) is 2.38. The predicted octanol–water partition coefficient (Wildman–Crippen LogP) is 2.13. The van der Waals surface area contributed by atoms with Gasteiger partial charge in [-0.05, 0) is 24.6 Å². The van der Waals surface area contributed by atoms with Crippen LogP contribution in [0.1, 0.15) is 5.56 Å². The molecular weight excluding hydrogens is 316 g/mol. The van der Waals surface area contributed by atoms with Crippen LogP contribution in [0.15, 0.2) is 28.3 Å². The number of rotatable bonds is 3. The monoisotopic (exact) mass is 322 g/mol. The van der Waals surface area contributed by atoms with E-state index < -0.39 is 26.3 Å². The number of aryl methyl sites for hydroxylation is 1. The van der Waals surface area contributed by atoms with Crippen LogP contribution in [0.4, 0.5) is 5.69 Å². The number of hydrogen-bond donors (Lipinski definition) is 2. The summed E-state index contributed by atoms with van der Waals surface area (Å²) in [7, 11) is -4.58. The maximum absolute atomic E-state index is 11.3. The Morgan fingerprint density at radius 3 is 2.24 bits per heavy atom. The first-order valence-corrected chi connectivity index (χ1v) is 7.05. The molecule has 106 valence electrons. The number of benzene rings is 1. The van der Waals surface area contributed by atoms with Gasteiger partial charge in [-0.2, -0.15) is 24.2 Å². The molecule has 2 N–H and O–H groups in total. The van der Waals surface area contributed by atoms with E-state index in [-0.39, 0.29) is 10.7 Å². The van der Waals surface area contributed by atoms with Crippen LogP contribution in [0.5, 0.6) is 0 Å². The molecule has 9 heteroatoms. The third-order valence-corrected chi connectivity index (χ3v) is 3.68. The summed E-state index contributed by atoms with van der Waals surface area (Å²) in [5.74, 6) is 0. The summed E-state index contributed by atoms with van der Waals surface area (Å²) in [4.78, 5) is -0.521. The molecule has 1 rings (SSSR count). The second-order valence-electron chi connectivity index (χ2n) is 3.78. The van der Waals surface area contributed by atoms with Gasteiger partial charge < -0.3 is 5.32 Å². The van der Waals surface area contributed by atoms with Crippen molar-refractivity contribution < 1.29 is 13.0 Å². The Morgan fingerprint density at radius 2 is 1.81 bits per heavy atom. The Hall–Kier alpha value is -2.57. The van der Waals surface area contributed by atoms with E-state index in [9.17, 15) is 13.0 Å². The number of nitriles is 3. The molecule has 0 aliphatic heterocycles. The zero-order chi connectivity index (χ0) is 16.2. The number of nitrogens with zero attached hydrogens (tertiary/aromatic N) is 3. The molecule has 0 aromatic heterocycles. The summed E-state index contributed by atoms with van der Waals surface area (Å²) in [5.41, 5.74) is -0.814. The largest absolute Gasteiger partial charge is 0.344 e. The molecule has 0 amide bonds. The molecule has 0 saturated carbocycles. The number of hydrogen-bond acceptors (Lipinski definition) is 6. The lowest BCUT2D eigenvalue weighted by Gasteiger charge is -2.11. The van der Waals surface area contributed by atoms with E-state index in [0.717, 1.165) is 6.07 Å². The Kier molecular flexibility index (Phi) is 4.91. The van der Waals surface area contributed by atoms with Crippen molar-refractivity contribution in [1.29, 1.82) is 15.8 Å². The Labute approximate surface area is 126 Å². The Balaban J connectivity index is 3.57. The molecule has 0 fully saturated rings. The molecular formula is C12H7ClN4O3S. The Morgan fingerprint density at radius 1 is 1.24 bits per heavy atom. The highest BCUT2D eigenvalue weighted by atomic mass is 35.5. The molecule has 7 nitrogen and oxygen atoms in total. The van der Waals surface area contributed by atoms with Crippen molar-refractivity contribution in [1.82, 2.24) is 0 Å². The van der Waals surface area contributed by atoms with Crippen molar-refractivity contribution in [2.24, 2.45) is 0 Å². The molecule has 0 radical (unpaired) electrons. The average Bonchev–Trinajstić information content (AvgIpc) is 2.41.